The summed E-state index contributed by atoms with van der Waals surface area (Å²) in [5.74, 6) is 0.449. The van der Waals surface area contributed by atoms with Crippen LogP contribution in [0.1, 0.15) is 40.0 Å². The van der Waals surface area contributed by atoms with Crippen LogP contribution in [0.25, 0.3) is 0 Å². The number of nitrogens with one attached hydrogen (secondary N) is 1. The standard InChI is InChI=1S/C15H30N2O3/c1-12(18)8-15(2,3)11-16-14(19)17-7-5-6-13(9-17)10-20-4/h12-13,18H,5-11H2,1-4H3,(H,16,19). The summed E-state index contributed by atoms with van der Waals surface area (Å²) in [5, 5.41) is 12.5. The van der Waals surface area contributed by atoms with Crippen molar-refractivity contribution in [2.45, 2.75) is 46.1 Å². The minimum Gasteiger partial charge on any atom is -0.393 e. The molecule has 1 saturated heterocycles. The summed E-state index contributed by atoms with van der Waals surface area (Å²) in [6, 6.07) is 0.00414. The zero-order valence-corrected chi connectivity index (χ0v) is 13.3. The summed E-state index contributed by atoms with van der Waals surface area (Å²) in [4.78, 5) is 14.1. The van der Waals surface area contributed by atoms with Crippen molar-refractivity contribution >= 4 is 6.03 Å². The Balaban J connectivity index is 2.38. The molecular formula is C15H30N2O3. The van der Waals surface area contributed by atoms with Gasteiger partial charge >= 0.3 is 6.03 Å². The molecule has 1 rings (SSSR count). The molecule has 0 radical (unpaired) electrons. The highest BCUT2D eigenvalue weighted by atomic mass is 16.5. The topological polar surface area (TPSA) is 61.8 Å². The van der Waals surface area contributed by atoms with E-state index in [2.05, 4.69) is 19.2 Å². The number of aliphatic hydroxyl groups excluding tert-OH is 1. The molecule has 0 aromatic heterocycles. The van der Waals surface area contributed by atoms with Gasteiger partial charge in [0.25, 0.3) is 0 Å². The molecule has 1 heterocycles. The molecule has 118 valence electrons. The SMILES string of the molecule is COCC1CCCN(C(=O)NCC(C)(C)CC(C)O)C1. The van der Waals surface area contributed by atoms with Crippen LogP contribution in [0.3, 0.4) is 0 Å². The largest absolute Gasteiger partial charge is 0.393 e. The molecule has 20 heavy (non-hydrogen) atoms. The number of ether oxygens (including phenoxy) is 1. The number of likely N-dealkylation sites (tertiary alicyclic amines) is 1. The maximum Gasteiger partial charge on any atom is 0.317 e. The first kappa shape index (κ1) is 17.2. The number of rotatable bonds is 6. The van der Waals surface area contributed by atoms with Gasteiger partial charge in [-0.1, -0.05) is 13.8 Å². The van der Waals surface area contributed by atoms with Crippen molar-refractivity contribution < 1.29 is 14.6 Å². The predicted octanol–water partition coefficient (Wildman–Crippen LogP) is 1.85. The number of amides is 2. The van der Waals surface area contributed by atoms with E-state index in [-0.39, 0.29) is 17.6 Å². The van der Waals surface area contributed by atoms with Crippen molar-refractivity contribution in [3.8, 4) is 0 Å². The van der Waals surface area contributed by atoms with Gasteiger partial charge in [-0.3, -0.25) is 0 Å². The smallest absolute Gasteiger partial charge is 0.317 e. The highest BCUT2D eigenvalue weighted by molar-refractivity contribution is 5.74. The normalized spacial score (nSPS) is 21.6. The molecule has 1 fully saturated rings. The van der Waals surface area contributed by atoms with E-state index in [1.165, 1.54) is 0 Å². The molecule has 0 aromatic rings. The molecule has 2 amide bonds. The Hall–Kier alpha value is -0.810. The number of carbonyl (C=O) groups is 1. The van der Waals surface area contributed by atoms with Gasteiger partial charge in [0.05, 0.1) is 12.7 Å². The average molecular weight is 286 g/mol. The van der Waals surface area contributed by atoms with Crippen LogP contribution in [0.15, 0.2) is 0 Å². The van der Waals surface area contributed by atoms with Crippen molar-refractivity contribution in [3.63, 3.8) is 0 Å². The summed E-state index contributed by atoms with van der Waals surface area (Å²) < 4.78 is 5.18. The van der Waals surface area contributed by atoms with Crippen molar-refractivity contribution in [1.29, 1.82) is 0 Å². The van der Waals surface area contributed by atoms with E-state index in [1.807, 2.05) is 4.90 Å². The Morgan fingerprint density at radius 2 is 2.25 bits per heavy atom. The molecular weight excluding hydrogens is 256 g/mol. The number of hydrogen-bond donors (Lipinski definition) is 2. The first-order chi connectivity index (χ1) is 9.34. The maximum atomic E-state index is 12.2. The third-order valence-electron chi connectivity index (χ3n) is 3.77. The molecule has 5 heteroatoms. The fraction of sp³-hybridized carbons (Fsp3) is 0.933. The van der Waals surface area contributed by atoms with E-state index < -0.39 is 0 Å². The Kier molecular flexibility index (Phi) is 6.76. The van der Waals surface area contributed by atoms with E-state index in [9.17, 15) is 9.90 Å². The second-order valence-corrected chi connectivity index (χ2v) is 6.79. The van der Waals surface area contributed by atoms with Gasteiger partial charge < -0.3 is 20.1 Å². The molecule has 0 spiro atoms. The maximum absolute atomic E-state index is 12.2. The molecule has 0 saturated carbocycles. The highest BCUT2D eigenvalue weighted by Crippen LogP contribution is 2.22. The number of piperidine rings is 1. The van der Waals surface area contributed by atoms with E-state index in [0.717, 1.165) is 32.5 Å². The number of aliphatic hydroxyl groups is 1. The number of methoxy groups -OCH3 is 1. The molecule has 1 aliphatic rings. The molecule has 0 bridgehead atoms. The highest BCUT2D eigenvalue weighted by Gasteiger charge is 2.26. The first-order valence-electron chi connectivity index (χ1n) is 7.54. The quantitative estimate of drug-likeness (QED) is 0.783. The number of hydrogen-bond acceptors (Lipinski definition) is 3. The zero-order chi connectivity index (χ0) is 15.2. The molecule has 2 unspecified atom stereocenters. The van der Waals surface area contributed by atoms with Crippen molar-refractivity contribution in [1.82, 2.24) is 10.2 Å². The Bertz CT molecular complexity index is 303. The fourth-order valence-corrected chi connectivity index (χ4v) is 2.92. The van der Waals surface area contributed by atoms with Gasteiger partial charge in [0.2, 0.25) is 0 Å². The van der Waals surface area contributed by atoms with Crippen LogP contribution < -0.4 is 5.32 Å². The van der Waals surface area contributed by atoms with Crippen molar-refractivity contribution in [3.05, 3.63) is 0 Å². The second kappa shape index (κ2) is 7.84. The molecule has 5 nitrogen and oxygen atoms in total. The van der Waals surface area contributed by atoms with Gasteiger partial charge in [0, 0.05) is 32.7 Å². The van der Waals surface area contributed by atoms with Crippen LogP contribution in [-0.2, 0) is 4.74 Å². The monoisotopic (exact) mass is 286 g/mol. The lowest BCUT2D eigenvalue weighted by Crippen LogP contribution is -2.48. The molecule has 0 aliphatic carbocycles. The van der Waals surface area contributed by atoms with Gasteiger partial charge in [0.1, 0.15) is 0 Å². The Morgan fingerprint density at radius 1 is 1.55 bits per heavy atom. The fourth-order valence-electron chi connectivity index (χ4n) is 2.92. The second-order valence-electron chi connectivity index (χ2n) is 6.79. The van der Waals surface area contributed by atoms with Crippen LogP contribution in [0.2, 0.25) is 0 Å². The first-order valence-corrected chi connectivity index (χ1v) is 7.54. The summed E-state index contributed by atoms with van der Waals surface area (Å²) in [7, 11) is 1.71. The predicted molar refractivity (Wildman–Crippen MR) is 79.7 cm³/mol. The minimum atomic E-state index is -0.344. The van der Waals surface area contributed by atoms with Crippen LogP contribution in [0, 0.1) is 11.3 Å². The minimum absolute atomic E-state index is 0.00414. The van der Waals surface area contributed by atoms with Crippen LogP contribution >= 0.6 is 0 Å². The molecule has 0 aromatic carbocycles. The van der Waals surface area contributed by atoms with Crippen molar-refractivity contribution in [2.24, 2.45) is 11.3 Å². The number of urea groups is 1. The third kappa shape index (κ3) is 6.09. The lowest BCUT2D eigenvalue weighted by Gasteiger charge is -2.34. The van der Waals surface area contributed by atoms with Gasteiger partial charge in [-0.05, 0) is 31.6 Å². The lowest BCUT2D eigenvalue weighted by molar-refractivity contribution is 0.0971. The van der Waals surface area contributed by atoms with E-state index in [1.54, 1.807) is 14.0 Å². The lowest BCUT2D eigenvalue weighted by atomic mass is 9.87. The molecule has 2 N–H and O–H groups in total. The summed E-state index contributed by atoms with van der Waals surface area (Å²) in [6.07, 6.45) is 2.51. The van der Waals surface area contributed by atoms with Crippen LogP contribution in [-0.4, -0.2) is 55.5 Å². The van der Waals surface area contributed by atoms with Gasteiger partial charge in [-0.2, -0.15) is 0 Å². The van der Waals surface area contributed by atoms with E-state index >= 15 is 0 Å². The third-order valence-corrected chi connectivity index (χ3v) is 3.77. The zero-order valence-electron chi connectivity index (χ0n) is 13.3. The van der Waals surface area contributed by atoms with Crippen molar-refractivity contribution in [2.75, 3.05) is 33.4 Å². The summed E-state index contributed by atoms with van der Waals surface area (Å²) >= 11 is 0. The number of nitrogens with zero attached hydrogens (tertiary/aromatic N) is 1. The summed E-state index contributed by atoms with van der Waals surface area (Å²) in [6.45, 7) is 8.80. The van der Waals surface area contributed by atoms with E-state index in [4.69, 9.17) is 4.74 Å². The van der Waals surface area contributed by atoms with Gasteiger partial charge in [0.15, 0.2) is 0 Å². The number of carbonyl (C=O) groups excluding carboxylic acids is 1. The molecule has 2 atom stereocenters. The molecule has 1 aliphatic heterocycles. The van der Waals surface area contributed by atoms with Gasteiger partial charge in [-0.15, -0.1) is 0 Å². The van der Waals surface area contributed by atoms with Gasteiger partial charge in [-0.25, -0.2) is 4.79 Å². The van der Waals surface area contributed by atoms with E-state index in [0.29, 0.717) is 18.9 Å². The van der Waals surface area contributed by atoms with Crippen LogP contribution in [0.4, 0.5) is 4.79 Å². The Labute approximate surface area is 122 Å². The van der Waals surface area contributed by atoms with Crippen LogP contribution in [0.5, 0.6) is 0 Å². The average Bonchev–Trinajstić information content (AvgIpc) is 2.35. The Morgan fingerprint density at radius 3 is 2.85 bits per heavy atom. The summed E-state index contributed by atoms with van der Waals surface area (Å²) in [5.41, 5.74) is -0.0917.